The number of allylic oxidation sites excluding steroid dienone is 1. The number of aryl methyl sites for hydroxylation is 1. The molecular formula is C92H102N8O17S. The van der Waals surface area contributed by atoms with Gasteiger partial charge in [-0.2, -0.15) is 11.8 Å². The van der Waals surface area contributed by atoms with Gasteiger partial charge in [0.2, 0.25) is 0 Å². The summed E-state index contributed by atoms with van der Waals surface area (Å²) in [4.78, 5) is 90.2. The third kappa shape index (κ3) is 35.2. The number of carbonyl (C=O) groups is 8. The lowest BCUT2D eigenvalue weighted by atomic mass is 10.0. The first-order valence-electron chi connectivity index (χ1n) is 37.7. The minimum Gasteiger partial charge on any atom is -0.489 e. The number of hydrogen-bond acceptors (Lipinski definition) is 19. The van der Waals surface area contributed by atoms with Gasteiger partial charge in [-0.05, 0) is 135 Å². The Morgan fingerprint density at radius 1 is 0.398 bits per heavy atom. The first kappa shape index (κ1) is 94.3. The van der Waals surface area contributed by atoms with Gasteiger partial charge in [-0.15, -0.1) is 0 Å². The maximum absolute atomic E-state index is 11.8. The Morgan fingerprint density at radius 3 is 1.42 bits per heavy atom. The van der Waals surface area contributed by atoms with Gasteiger partial charge in [-0.1, -0.05) is 254 Å². The fraction of sp³-hybridized carbons (Fsp3) is 0.228. The SMILES string of the molecule is Cc1ccc(CSCC(N)C(=O)O)cc1.NC(CC1=CCc2ccccc21)C(=O)O.NC(CCC(=O)Cc1ccc2ccccc2c1)C(=O)O.NC(COCc1ccccc1)C(=O)O.NC(Cc1ccc(-c2ccccc2)cc1)C(=O)O.NC(Cc1ccc(OCc2ccccc2)cc1)C(=O)O.NC(Cc1ccc2ccccc2n1)C(=O)O. The van der Waals surface area contributed by atoms with Crippen molar-refractivity contribution in [1.29, 1.82) is 0 Å². The largest absolute Gasteiger partial charge is 0.489 e. The van der Waals surface area contributed by atoms with E-state index in [-0.39, 0.29) is 31.7 Å². The number of para-hydroxylation sites is 1. The third-order valence-electron chi connectivity index (χ3n) is 17.9. The van der Waals surface area contributed by atoms with E-state index in [1.165, 1.54) is 16.7 Å². The summed E-state index contributed by atoms with van der Waals surface area (Å²) >= 11 is 1.54. The Morgan fingerprint density at radius 2 is 0.847 bits per heavy atom. The van der Waals surface area contributed by atoms with Gasteiger partial charge >= 0.3 is 41.8 Å². The van der Waals surface area contributed by atoms with Gasteiger partial charge in [0, 0.05) is 41.8 Å². The van der Waals surface area contributed by atoms with E-state index in [1.807, 2.05) is 256 Å². The second-order valence-corrected chi connectivity index (χ2v) is 28.5. The van der Waals surface area contributed by atoms with Crippen molar-refractivity contribution in [3.63, 3.8) is 0 Å². The van der Waals surface area contributed by atoms with Crippen LogP contribution in [0.1, 0.15) is 75.0 Å². The lowest BCUT2D eigenvalue weighted by Crippen LogP contribution is -2.34. The topological polar surface area (TPSA) is 492 Å². The maximum Gasteiger partial charge on any atom is 0.322 e. The number of benzene rings is 10. The number of ketones is 1. The molecule has 26 heteroatoms. The van der Waals surface area contributed by atoms with Crippen molar-refractivity contribution in [3.8, 4) is 16.9 Å². The molecule has 0 spiro atoms. The summed E-state index contributed by atoms with van der Waals surface area (Å²) in [6, 6.07) is 80.0. The highest BCUT2D eigenvalue weighted by atomic mass is 32.2. The summed E-state index contributed by atoms with van der Waals surface area (Å²) in [5.74, 6) is -4.94. The average Bonchev–Trinajstić information content (AvgIpc) is 1.82. The highest BCUT2D eigenvalue weighted by Crippen LogP contribution is 2.30. The Hall–Kier alpha value is -12.6. The van der Waals surface area contributed by atoms with Crippen LogP contribution in [0.3, 0.4) is 0 Å². The van der Waals surface area contributed by atoms with Gasteiger partial charge < -0.3 is 85.4 Å². The predicted octanol–water partition coefficient (Wildman–Crippen LogP) is 11.5. The first-order valence-corrected chi connectivity index (χ1v) is 38.8. The molecule has 1 aliphatic carbocycles. The first-order chi connectivity index (χ1) is 56.5. The fourth-order valence-electron chi connectivity index (χ4n) is 11.1. The lowest BCUT2D eigenvalue weighted by molar-refractivity contribution is -0.140. The van der Waals surface area contributed by atoms with E-state index in [2.05, 4.69) is 29.3 Å². The Labute approximate surface area is 689 Å². The molecule has 7 atom stereocenters. The summed E-state index contributed by atoms with van der Waals surface area (Å²) < 4.78 is 10.8. The van der Waals surface area contributed by atoms with Crippen LogP contribution >= 0.6 is 11.8 Å². The number of nitrogens with two attached hydrogens (primary N) is 7. The highest BCUT2D eigenvalue weighted by Gasteiger charge is 2.21. The molecule has 21 N–H and O–H groups in total. The highest BCUT2D eigenvalue weighted by molar-refractivity contribution is 7.98. The number of nitrogens with zero attached hydrogens (tertiary/aromatic N) is 1. The molecule has 1 aliphatic rings. The number of carboxylic acids is 7. The molecule has 1 heterocycles. The average molecular weight is 1620 g/mol. The minimum atomic E-state index is -1.07. The standard InChI is InChI=1S/2C16H17NO3.C15H15NO2.C12H12N2O2.C12H13NO2.C11H15NO2S.C10H13NO3/c17-15(16(19)20)8-7-14(18)10-11-5-6-12-3-1-2-4-13(12)9-11;17-15(16(18)19)10-12-6-8-14(9-7-12)20-11-13-4-2-1-3-5-13;16-14(15(17)18)10-11-6-8-13(9-7-11)12-4-2-1-3-5-12;13-10(12(15)16)7-9-6-5-8-3-1-2-4-11(8)14-9;13-11(12(14)15)7-9-6-5-8-3-1-2-4-10(8)9;1-8-2-4-9(5-3-8)6-15-7-10(12)11(13)14;11-9(10(12)13)7-14-6-8-4-2-1-3-5-8/h1-6,9,15H,7-8,10,17H2,(H,19,20);1-9,15H,10-11,17H2,(H,18,19);1-9,14H,10,16H2,(H,17,18);1-6,10H,7,13H2,(H,15,16);1-4,6,11H,5,7,13H2,(H,14,15);2-5,10H,6-7,12H2,1H3,(H,13,14);1-5,9H,6-7,11H2,(H,12,13). The maximum atomic E-state index is 11.8. The van der Waals surface area contributed by atoms with E-state index in [0.717, 1.165) is 89.7 Å². The van der Waals surface area contributed by atoms with E-state index >= 15 is 0 Å². The molecule has 10 aromatic carbocycles. The summed E-state index contributed by atoms with van der Waals surface area (Å²) in [7, 11) is 0. The van der Waals surface area contributed by atoms with Gasteiger partial charge in [0.1, 0.15) is 60.4 Å². The number of ether oxygens (including phenoxy) is 2. The molecule has 0 aliphatic heterocycles. The molecule has 0 bridgehead atoms. The Balaban J connectivity index is 0.000000215. The molecule has 0 radical (unpaired) electrons. The normalized spacial score (nSPS) is 12.7. The number of carboxylic acid groups (broad SMARTS) is 7. The van der Waals surface area contributed by atoms with Crippen molar-refractivity contribution in [2.45, 2.75) is 120 Å². The molecule has 11 aromatic rings. The summed E-state index contributed by atoms with van der Waals surface area (Å²) in [6.07, 6.45) is 4.97. The van der Waals surface area contributed by atoms with Gasteiger partial charge in [0.15, 0.2) is 0 Å². The van der Waals surface area contributed by atoms with Crippen LogP contribution in [-0.4, -0.2) is 143 Å². The van der Waals surface area contributed by atoms with Crippen LogP contribution in [0.5, 0.6) is 5.75 Å². The van der Waals surface area contributed by atoms with Crippen LogP contribution < -0.4 is 44.9 Å². The second-order valence-electron chi connectivity index (χ2n) is 27.4. The molecule has 0 saturated heterocycles. The molecular weight excluding hydrogens is 1520 g/mol. The zero-order valence-electron chi connectivity index (χ0n) is 65.3. The quantitative estimate of drug-likeness (QED) is 0.0186. The van der Waals surface area contributed by atoms with Crippen molar-refractivity contribution in [1.82, 2.24) is 4.98 Å². The number of aliphatic carboxylic acids is 7. The zero-order chi connectivity index (χ0) is 85.9. The number of fused-ring (bicyclic) bond motifs is 3. The van der Waals surface area contributed by atoms with Crippen molar-refractivity contribution in [3.05, 3.63) is 329 Å². The smallest absolute Gasteiger partial charge is 0.322 e. The molecule has 0 amide bonds. The number of pyridine rings is 1. The number of aromatic nitrogens is 1. The van der Waals surface area contributed by atoms with Gasteiger partial charge in [-0.25, -0.2) is 0 Å². The molecule has 1 aromatic heterocycles. The Kier molecular flexibility index (Phi) is 40.5. The van der Waals surface area contributed by atoms with Crippen LogP contribution in [-0.2, 0) is 94.2 Å². The van der Waals surface area contributed by atoms with Crippen LogP contribution in [0.25, 0.3) is 38.4 Å². The van der Waals surface area contributed by atoms with E-state index in [9.17, 15) is 38.4 Å². The third-order valence-corrected chi connectivity index (χ3v) is 19.0. The number of hydrogen-bond donors (Lipinski definition) is 14. The molecule has 618 valence electrons. The van der Waals surface area contributed by atoms with Gasteiger partial charge in [0.25, 0.3) is 0 Å². The van der Waals surface area contributed by atoms with E-state index in [4.69, 9.17) is 85.4 Å². The van der Waals surface area contributed by atoms with Crippen molar-refractivity contribution in [2.24, 2.45) is 40.1 Å². The summed E-state index contributed by atoms with van der Waals surface area (Å²) in [5.41, 5.74) is 52.5. The van der Waals surface area contributed by atoms with E-state index in [0.29, 0.717) is 50.3 Å². The fourth-order valence-corrected chi connectivity index (χ4v) is 12.1. The van der Waals surface area contributed by atoms with E-state index < -0.39 is 84.1 Å². The summed E-state index contributed by atoms with van der Waals surface area (Å²) in [5, 5.41) is 63.9. The predicted molar refractivity (Wildman–Crippen MR) is 459 cm³/mol. The van der Waals surface area contributed by atoms with Crippen LogP contribution in [0, 0.1) is 6.92 Å². The molecule has 7 unspecified atom stereocenters. The van der Waals surface area contributed by atoms with Crippen LogP contribution in [0.15, 0.2) is 273 Å². The van der Waals surface area contributed by atoms with Gasteiger partial charge in [-0.3, -0.25) is 43.3 Å². The molecule has 25 nitrogen and oxygen atoms in total. The zero-order valence-corrected chi connectivity index (χ0v) is 66.1. The number of Topliss-reactive ketones (excluding diaryl/α,β-unsaturated/α-hetero) is 1. The number of carbonyl (C=O) groups excluding carboxylic acids is 1. The lowest BCUT2D eigenvalue weighted by Gasteiger charge is -2.09. The van der Waals surface area contributed by atoms with Crippen LogP contribution in [0.4, 0.5) is 0 Å². The molecule has 0 saturated carbocycles. The molecule has 118 heavy (non-hydrogen) atoms. The summed E-state index contributed by atoms with van der Waals surface area (Å²) in [6.45, 7) is 2.97. The van der Waals surface area contributed by atoms with Crippen LogP contribution in [0.2, 0.25) is 0 Å². The number of thioether (sulfide) groups is 1. The molecule has 12 rings (SSSR count). The minimum absolute atomic E-state index is 0.0111. The van der Waals surface area contributed by atoms with Crippen molar-refractivity contribution < 1.29 is 83.6 Å². The van der Waals surface area contributed by atoms with Crippen molar-refractivity contribution in [2.75, 3.05) is 12.4 Å². The monoisotopic (exact) mass is 1620 g/mol. The van der Waals surface area contributed by atoms with E-state index in [1.54, 1.807) is 11.8 Å². The second kappa shape index (κ2) is 50.7. The number of rotatable bonds is 32. The van der Waals surface area contributed by atoms with Crippen molar-refractivity contribution >= 4 is 86.6 Å². The Bertz CT molecular complexity index is 5010. The molecule has 0 fully saturated rings. The van der Waals surface area contributed by atoms with Gasteiger partial charge in [0.05, 0.1) is 18.7 Å².